The lowest BCUT2D eigenvalue weighted by atomic mass is 10.5. The fourth-order valence-corrected chi connectivity index (χ4v) is 3.62. The maximum absolute atomic E-state index is 12.3. The number of hydrogen-bond donors (Lipinski definition) is 1. The topological polar surface area (TPSA) is 104 Å². The molecule has 2 N–H and O–H groups in total. The molecule has 2 aromatic heterocycles. The molecule has 0 atom stereocenters. The third-order valence-electron chi connectivity index (χ3n) is 2.44. The van der Waals surface area contributed by atoms with Crippen LogP contribution < -0.4 is 5.73 Å². The van der Waals surface area contributed by atoms with Crippen LogP contribution in [0.5, 0.6) is 0 Å². The Hall–Kier alpha value is -1.63. The summed E-state index contributed by atoms with van der Waals surface area (Å²) in [7, 11) is -2.32. The van der Waals surface area contributed by atoms with Crippen molar-refractivity contribution in [2.45, 2.75) is 11.4 Å². The molecule has 0 aliphatic carbocycles. The minimum Gasteiger partial charge on any atom is -0.381 e. The van der Waals surface area contributed by atoms with Crippen LogP contribution in [0.2, 0.25) is 0 Å². The van der Waals surface area contributed by atoms with Gasteiger partial charge < -0.3 is 5.73 Å². The second kappa shape index (κ2) is 4.56. The van der Waals surface area contributed by atoms with Gasteiger partial charge in [-0.05, 0) is 0 Å². The smallest absolute Gasteiger partial charge is 0.262 e. The molecule has 0 aliphatic heterocycles. The minimum atomic E-state index is -3.73. The van der Waals surface area contributed by atoms with E-state index in [1.165, 1.54) is 22.8 Å². The first-order chi connectivity index (χ1) is 8.48. The van der Waals surface area contributed by atoms with Gasteiger partial charge >= 0.3 is 0 Å². The zero-order valence-electron chi connectivity index (χ0n) is 9.57. The summed E-state index contributed by atoms with van der Waals surface area (Å²) in [5.41, 5.74) is 5.65. The molecule has 0 radical (unpaired) electrons. The lowest BCUT2D eigenvalue weighted by Gasteiger charge is -2.15. The fraction of sp³-hybridized carbons (Fsp3) is 0.333. The minimum absolute atomic E-state index is 0.0225. The van der Waals surface area contributed by atoms with Gasteiger partial charge in [0, 0.05) is 31.6 Å². The predicted molar refractivity (Wildman–Crippen MR) is 67.5 cm³/mol. The number of imidazole rings is 1. The first-order valence-corrected chi connectivity index (χ1v) is 7.34. The molecule has 2 heterocycles. The highest BCUT2D eigenvalue weighted by Crippen LogP contribution is 2.25. The van der Waals surface area contributed by atoms with Gasteiger partial charge in [0.15, 0.2) is 15.8 Å². The van der Waals surface area contributed by atoms with E-state index in [1.807, 2.05) is 6.07 Å². The normalized spacial score (nSPS) is 12.1. The number of thiazole rings is 1. The second-order valence-electron chi connectivity index (χ2n) is 3.59. The van der Waals surface area contributed by atoms with Crippen molar-refractivity contribution in [2.75, 3.05) is 19.3 Å². The average molecular weight is 285 g/mol. The number of nitrogen functional groups attached to an aromatic ring is 1. The van der Waals surface area contributed by atoms with Crippen LogP contribution in [0.4, 0.5) is 5.82 Å². The molecular weight excluding hydrogens is 274 g/mol. The summed E-state index contributed by atoms with van der Waals surface area (Å²) in [6.45, 7) is 0.121. The Labute approximate surface area is 108 Å². The molecule has 0 amide bonds. The number of hydrogen-bond acceptors (Lipinski definition) is 6. The van der Waals surface area contributed by atoms with Crippen LogP contribution in [-0.2, 0) is 10.0 Å². The van der Waals surface area contributed by atoms with Crippen molar-refractivity contribution in [2.24, 2.45) is 0 Å². The Morgan fingerprint density at radius 2 is 2.39 bits per heavy atom. The monoisotopic (exact) mass is 285 g/mol. The van der Waals surface area contributed by atoms with Gasteiger partial charge in [-0.15, -0.1) is 11.3 Å². The molecule has 0 saturated heterocycles. The number of sulfonamides is 1. The molecule has 0 aromatic carbocycles. The van der Waals surface area contributed by atoms with Crippen molar-refractivity contribution < 1.29 is 8.42 Å². The van der Waals surface area contributed by atoms with Crippen LogP contribution in [0, 0.1) is 11.3 Å². The number of nitrogens with two attached hydrogens (primary N) is 1. The van der Waals surface area contributed by atoms with E-state index in [4.69, 9.17) is 11.0 Å². The van der Waals surface area contributed by atoms with Gasteiger partial charge in [0.2, 0.25) is 0 Å². The molecule has 0 aliphatic rings. The number of anilines is 1. The van der Waals surface area contributed by atoms with Gasteiger partial charge in [-0.25, -0.2) is 13.4 Å². The first-order valence-electron chi connectivity index (χ1n) is 5.03. The summed E-state index contributed by atoms with van der Waals surface area (Å²) in [6, 6.07) is 1.91. The van der Waals surface area contributed by atoms with Crippen LogP contribution >= 0.6 is 11.3 Å². The Balaban J connectivity index is 2.50. The van der Waals surface area contributed by atoms with E-state index in [1.54, 1.807) is 11.6 Å². The van der Waals surface area contributed by atoms with Crippen molar-refractivity contribution in [1.29, 1.82) is 5.26 Å². The molecule has 0 unspecified atom stereocenters. The lowest BCUT2D eigenvalue weighted by Crippen LogP contribution is -2.29. The van der Waals surface area contributed by atoms with Crippen molar-refractivity contribution >= 4 is 32.1 Å². The number of nitriles is 1. The van der Waals surface area contributed by atoms with E-state index < -0.39 is 10.0 Å². The Morgan fingerprint density at radius 3 is 3.06 bits per heavy atom. The molecule has 0 saturated carbocycles. The second-order valence-corrected chi connectivity index (χ2v) is 6.43. The molecule has 2 aromatic rings. The Bertz CT molecular complexity index is 709. The molecule has 18 heavy (non-hydrogen) atoms. The third kappa shape index (κ3) is 1.94. The zero-order valence-corrected chi connectivity index (χ0v) is 11.2. The molecule has 0 bridgehead atoms. The number of rotatable bonds is 4. The van der Waals surface area contributed by atoms with Crippen molar-refractivity contribution in [3.8, 4) is 6.07 Å². The van der Waals surface area contributed by atoms with Crippen LogP contribution in [0.25, 0.3) is 4.96 Å². The van der Waals surface area contributed by atoms with Gasteiger partial charge in [0.1, 0.15) is 0 Å². The highest BCUT2D eigenvalue weighted by Gasteiger charge is 2.28. The van der Waals surface area contributed by atoms with Gasteiger partial charge in [-0.1, -0.05) is 0 Å². The van der Waals surface area contributed by atoms with Crippen molar-refractivity contribution in [3.05, 3.63) is 11.6 Å². The molecule has 2 rings (SSSR count). The average Bonchev–Trinajstić information content (AvgIpc) is 2.84. The highest BCUT2D eigenvalue weighted by atomic mass is 32.2. The SMILES string of the molecule is CN(CCC#N)S(=O)(=O)c1c(N)nc2sccn12. The van der Waals surface area contributed by atoms with E-state index in [0.717, 1.165) is 4.31 Å². The molecule has 0 spiro atoms. The van der Waals surface area contributed by atoms with Gasteiger partial charge in [0.25, 0.3) is 10.0 Å². The summed E-state index contributed by atoms with van der Waals surface area (Å²) in [5.74, 6) is -0.0225. The molecular formula is C9H11N5O2S2. The summed E-state index contributed by atoms with van der Waals surface area (Å²) in [5, 5.41) is 10.2. The summed E-state index contributed by atoms with van der Waals surface area (Å²) >= 11 is 1.30. The fourth-order valence-electron chi connectivity index (χ4n) is 1.51. The Morgan fingerprint density at radius 1 is 1.67 bits per heavy atom. The standard InChI is InChI=1S/C9H11N5O2S2/c1-13(4-2-3-10)18(15,16)8-7(11)12-9-14(8)5-6-17-9/h5-6H,2,4,11H2,1H3. The molecule has 7 nitrogen and oxygen atoms in total. The van der Waals surface area contributed by atoms with E-state index in [9.17, 15) is 8.42 Å². The van der Waals surface area contributed by atoms with Crippen molar-refractivity contribution in [1.82, 2.24) is 13.7 Å². The largest absolute Gasteiger partial charge is 0.381 e. The maximum Gasteiger partial charge on any atom is 0.262 e. The van der Waals surface area contributed by atoms with Gasteiger partial charge in [-0.2, -0.15) is 9.57 Å². The molecule has 9 heteroatoms. The number of nitrogens with zero attached hydrogens (tertiary/aromatic N) is 4. The number of aromatic nitrogens is 2. The van der Waals surface area contributed by atoms with Crippen LogP contribution in [0.3, 0.4) is 0 Å². The molecule has 96 valence electrons. The van der Waals surface area contributed by atoms with Crippen LogP contribution in [0.15, 0.2) is 16.6 Å². The van der Waals surface area contributed by atoms with Crippen LogP contribution in [-0.4, -0.2) is 35.7 Å². The number of fused-ring (bicyclic) bond motifs is 1. The van der Waals surface area contributed by atoms with Gasteiger partial charge in [-0.3, -0.25) is 4.40 Å². The van der Waals surface area contributed by atoms with Gasteiger partial charge in [0.05, 0.1) is 6.07 Å². The predicted octanol–water partition coefficient (Wildman–Crippen LogP) is 0.512. The maximum atomic E-state index is 12.3. The zero-order chi connectivity index (χ0) is 13.3. The highest BCUT2D eigenvalue weighted by molar-refractivity contribution is 7.89. The van der Waals surface area contributed by atoms with E-state index in [2.05, 4.69) is 4.98 Å². The summed E-state index contributed by atoms with van der Waals surface area (Å²) in [4.78, 5) is 4.52. The lowest BCUT2D eigenvalue weighted by molar-refractivity contribution is 0.473. The third-order valence-corrected chi connectivity index (χ3v) is 5.09. The van der Waals surface area contributed by atoms with E-state index in [-0.39, 0.29) is 23.8 Å². The van der Waals surface area contributed by atoms with Crippen LogP contribution in [0.1, 0.15) is 6.42 Å². The van der Waals surface area contributed by atoms with Crippen molar-refractivity contribution in [3.63, 3.8) is 0 Å². The molecule has 0 fully saturated rings. The Kier molecular flexibility index (Phi) is 3.25. The summed E-state index contributed by atoms with van der Waals surface area (Å²) < 4.78 is 27.2. The van der Waals surface area contributed by atoms with E-state index in [0.29, 0.717) is 4.96 Å². The summed E-state index contributed by atoms with van der Waals surface area (Å²) in [6.07, 6.45) is 1.73. The van der Waals surface area contributed by atoms with E-state index >= 15 is 0 Å². The first kappa shape index (κ1) is 12.8. The quantitative estimate of drug-likeness (QED) is 0.881.